The molecule has 0 bridgehead atoms. The number of thioether (sulfide) groups is 1. The molecule has 0 atom stereocenters. The van der Waals surface area contributed by atoms with E-state index in [2.05, 4.69) is 6.07 Å². The van der Waals surface area contributed by atoms with E-state index < -0.39 is 4.92 Å². The molecule has 0 saturated carbocycles. The molecule has 0 amide bonds. The molecule has 2 rings (SSSR count). The number of nitro groups is 1. The second kappa shape index (κ2) is 5.75. The smallest absolute Gasteiger partial charge is 0.272 e. The van der Waals surface area contributed by atoms with Gasteiger partial charge in [-0.1, -0.05) is 29.8 Å². The first-order valence-electron chi connectivity index (χ1n) is 5.78. The Morgan fingerprint density at radius 2 is 2.05 bits per heavy atom. The van der Waals surface area contributed by atoms with Crippen molar-refractivity contribution in [3.05, 3.63) is 63.7 Å². The summed E-state index contributed by atoms with van der Waals surface area (Å²) in [5.74, 6) is 0.766. The molecule has 0 aliphatic rings. The van der Waals surface area contributed by atoms with Crippen LogP contribution in [-0.4, -0.2) is 4.92 Å². The molecule has 0 fully saturated rings. The third-order valence-corrected chi connectivity index (χ3v) is 3.66. The van der Waals surface area contributed by atoms with E-state index in [-0.39, 0.29) is 5.69 Å². The summed E-state index contributed by atoms with van der Waals surface area (Å²) in [6.45, 7) is 2.04. The lowest BCUT2D eigenvalue weighted by atomic mass is 10.2. The lowest BCUT2D eigenvalue weighted by Gasteiger charge is -2.04. The number of non-ortho nitro benzene ring substituents is 1. The number of nitrogens with zero attached hydrogens (tertiary/aromatic N) is 1. The molecule has 0 aliphatic heterocycles. The van der Waals surface area contributed by atoms with Crippen LogP contribution in [0.2, 0.25) is 0 Å². The normalized spacial score (nSPS) is 10.4. The molecule has 2 N–H and O–H groups in total. The Labute approximate surface area is 115 Å². The third-order valence-electron chi connectivity index (χ3n) is 2.61. The molecule has 0 unspecified atom stereocenters. The highest BCUT2D eigenvalue weighted by molar-refractivity contribution is 7.98. The minimum atomic E-state index is -0.424. The highest BCUT2D eigenvalue weighted by atomic mass is 32.2. The molecule has 2 aromatic rings. The fourth-order valence-electron chi connectivity index (χ4n) is 1.76. The van der Waals surface area contributed by atoms with Crippen LogP contribution in [0.4, 0.5) is 11.4 Å². The second-order valence-electron chi connectivity index (χ2n) is 4.30. The van der Waals surface area contributed by atoms with E-state index in [1.165, 1.54) is 17.2 Å². The van der Waals surface area contributed by atoms with Crippen molar-refractivity contribution >= 4 is 23.1 Å². The number of anilines is 1. The van der Waals surface area contributed by atoms with E-state index in [9.17, 15) is 10.1 Å². The minimum absolute atomic E-state index is 0.0340. The van der Waals surface area contributed by atoms with E-state index >= 15 is 0 Å². The summed E-state index contributed by atoms with van der Waals surface area (Å²) in [7, 11) is 0. The lowest BCUT2D eigenvalue weighted by Crippen LogP contribution is -1.92. The highest BCUT2D eigenvalue weighted by Crippen LogP contribution is 2.29. The van der Waals surface area contributed by atoms with Crippen molar-refractivity contribution < 1.29 is 4.92 Å². The lowest BCUT2D eigenvalue weighted by molar-refractivity contribution is -0.385. The standard InChI is InChI=1S/C14H14N2O2S/c1-10-3-2-4-11(5-10)9-19-14-7-12(15)6-13(8-14)16(17)18/h2-8H,9,15H2,1H3. The van der Waals surface area contributed by atoms with Gasteiger partial charge < -0.3 is 5.73 Å². The fourth-order valence-corrected chi connectivity index (χ4v) is 2.70. The summed E-state index contributed by atoms with van der Waals surface area (Å²) < 4.78 is 0. The van der Waals surface area contributed by atoms with E-state index in [1.807, 2.05) is 25.1 Å². The minimum Gasteiger partial charge on any atom is -0.398 e. The van der Waals surface area contributed by atoms with E-state index in [0.29, 0.717) is 5.69 Å². The van der Waals surface area contributed by atoms with Crippen molar-refractivity contribution in [1.82, 2.24) is 0 Å². The monoisotopic (exact) mass is 274 g/mol. The van der Waals surface area contributed by atoms with Crippen LogP contribution in [0, 0.1) is 17.0 Å². The Hall–Kier alpha value is -2.01. The Morgan fingerprint density at radius 3 is 2.74 bits per heavy atom. The van der Waals surface area contributed by atoms with Gasteiger partial charge in [0.25, 0.3) is 5.69 Å². The molecular formula is C14H14N2O2S. The third kappa shape index (κ3) is 3.72. The zero-order valence-corrected chi connectivity index (χ0v) is 11.3. The van der Waals surface area contributed by atoms with E-state index in [4.69, 9.17) is 5.73 Å². The predicted octanol–water partition coefficient (Wildman–Crippen LogP) is 3.78. The number of rotatable bonds is 4. The maximum atomic E-state index is 10.8. The van der Waals surface area contributed by atoms with Crippen molar-refractivity contribution in [2.75, 3.05) is 5.73 Å². The maximum Gasteiger partial charge on any atom is 0.272 e. The van der Waals surface area contributed by atoms with Crippen LogP contribution in [0.3, 0.4) is 0 Å². The van der Waals surface area contributed by atoms with Crippen molar-refractivity contribution in [2.24, 2.45) is 0 Å². The quantitative estimate of drug-likeness (QED) is 0.399. The molecule has 4 nitrogen and oxygen atoms in total. The maximum absolute atomic E-state index is 10.8. The van der Waals surface area contributed by atoms with Crippen molar-refractivity contribution in [3.63, 3.8) is 0 Å². The van der Waals surface area contributed by atoms with Gasteiger partial charge in [-0.15, -0.1) is 11.8 Å². The molecule has 0 radical (unpaired) electrons. The Balaban J connectivity index is 2.13. The van der Waals surface area contributed by atoms with Gasteiger partial charge in [0, 0.05) is 28.5 Å². The number of hydrogen-bond donors (Lipinski definition) is 1. The molecule has 0 heterocycles. The molecule has 2 aromatic carbocycles. The summed E-state index contributed by atoms with van der Waals surface area (Å²) in [4.78, 5) is 11.2. The second-order valence-corrected chi connectivity index (χ2v) is 5.34. The molecule has 19 heavy (non-hydrogen) atoms. The fraction of sp³-hybridized carbons (Fsp3) is 0.143. The number of benzene rings is 2. The van der Waals surface area contributed by atoms with Crippen LogP contribution < -0.4 is 5.73 Å². The van der Waals surface area contributed by atoms with Gasteiger partial charge >= 0.3 is 0 Å². The molecule has 0 aromatic heterocycles. The van der Waals surface area contributed by atoms with Crippen molar-refractivity contribution in [3.8, 4) is 0 Å². The average molecular weight is 274 g/mol. The Kier molecular flexibility index (Phi) is 4.06. The number of nitrogens with two attached hydrogens (primary N) is 1. The van der Waals surface area contributed by atoms with Gasteiger partial charge in [0.1, 0.15) is 0 Å². The van der Waals surface area contributed by atoms with E-state index in [0.717, 1.165) is 10.6 Å². The van der Waals surface area contributed by atoms with Gasteiger partial charge in [0.15, 0.2) is 0 Å². The van der Waals surface area contributed by atoms with Crippen LogP contribution in [-0.2, 0) is 5.75 Å². The van der Waals surface area contributed by atoms with Gasteiger partial charge in [0.05, 0.1) is 4.92 Å². The van der Waals surface area contributed by atoms with Crippen LogP contribution in [0.5, 0.6) is 0 Å². The van der Waals surface area contributed by atoms with Gasteiger partial charge in [-0.3, -0.25) is 10.1 Å². The van der Waals surface area contributed by atoms with Gasteiger partial charge in [-0.05, 0) is 18.6 Å². The molecule has 0 spiro atoms. The number of nitro benzene ring substituents is 1. The van der Waals surface area contributed by atoms with Crippen LogP contribution in [0.15, 0.2) is 47.4 Å². The zero-order chi connectivity index (χ0) is 13.8. The predicted molar refractivity (Wildman–Crippen MR) is 78.2 cm³/mol. The first-order chi connectivity index (χ1) is 9.04. The average Bonchev–Trinajstić information content (AvgIpc) is 2.36. The summed E-state index contributed by atoms with van der Waals surface area (Å²) >= 11 is 1.54. The van der Waals surface area contributed by atoms with E-state index in [1.54, 1.807) is 23.9 Å². The molecular weight excluding hydrogens is 260 g/mol. The summed E-state index contributed by atoms with van der Waals surface area (Å²) in [6, 6.07) is 12.9. The zero-order valence-electron chi connectivity index (χ0n) is 10.5. The van der Waals surface area contributed by atoms with Crippen molar-refractivity contribution in [1.29, 1.82) is 0 Å². The van der Waals surface area contributed by atoms with Gasteiger partial charge in [-0.25, -0.2) is 0 Å². The van der Waals surface area contributed by atoms with Gasteiger partial charge in [0.2, 0.25) is 0 Å². The largest absolute Gasteiger partial charge is 0.398 e. The molecule has 0 saturated heterocycles. The summed E-state index contributed by atoms with van der Waals surface area (Å²) in [6.07, 6.45) is 0. The number of hydrogen-bond acceptors (Lipinski definition) is 4. The Morgan fingerprint density at radius 1 is 1.26 bits per heavy atom. The first kappa shape index (κ1) is 13.4. The first-order valence-corrected chi connectivity index (χ1v) is 6.76. The molecule has 5 heteroatoms. The summed E-state index contributed by atoms with van der Waals surface area (Å²) in [5.41, 5.74) is 8.52. The van der Waals surface area contributed by atoms with Gasteiger partial charge in [-0.2, -0.15) is 0 Å². The van der Waals surface area contributed by atoms with Crippen molar-refractivity contribution in [2.45, 2.75) is 17.6 Å². The van der Waals surface area contributed by atoms with Crippen LogP contribution in [0.1, 0.15) is 11.1 Å². The molecule has 0 aliphatic carbocycles. The number of aryl methyl sites for hydroxylation is 1. The highest BCUT2D eigenvalue weighted by Gasteiger charge is 2.08. The SMILES string of the molecule is Cc1cccc(CSc2cc(N)cc([N+](=O)[O-])c2)c1. The topological polar surface area (TPSA) is 69.2 Å². The number of nitrogen functional groups attached to an aromatic ring is 1. The van der Waals surface area contributed by atoms with Crippen LogP contribution >= 0.6 is 11.8 Å². The summed E-state index contributed by atoms with van der Waals surface area (Å²) in [5, 5.41) is 10.8. The Bertz CT molecular complexity index is 614. The van der Waals surface area contributed by atoms with Crippen LogP contribution in [0.25, 0.3) is 0 Å². The molecule has 98 valence electrons.